The van der Waals surface area contributed by atoms with Crippen LogP contribution in [-0.4, -0.2) is 50.6 Å². The molecule has 0 bridgehead atoms. The molecule has 1 fully saturated rings. The Bertz CT molecular complexity index is 1350. The van der Waals surface area contributed by atoms with E-state index in [-0.39, 0.29) is 5.91 Å². The van der Waals surface area contributed by atoms with Crippen molar-refractivity contribution >= 4 is 40.7 Å². The lowest BCUT2D eigenvalue weighted by Gasteiger charge is -2.39. The molecule has 41 heavy (non-hydrogen) atoms. The molecule has 216 valence electrons. The van der Waals surface area contributed by atoms with Gasteiger partial charge in [0.2, 0.25) is 0 Å². The van der Waals surface area contributed by atoms with Gasteiger partial charge in [-0.15, -0.1) is 0 Å². The number of benzene rings is 3. The first kappa shape index (κ1) is 29.7. The van der Waals surface area contributed by atoms with E-state index in [2.05, 4.69) is 64.8 Å². The predicted octanol–water partition coefficient (Wildman–Crippen LogP) is 7.71. The molecule has 2 aliphatic rings. The minimum absolute atomic E-state index is 0.102. The number of nitrogens with zero attached hydrogens (tertiary/aromatic N) is 2. The monoisotopic (exact) mass is 589 g/mol. The normalized spacial score (nSPS) is 17.5. The third-order valence-electron chi connectivity index (χ3n) is 8.16. The fraction of sp³-hybridized carbons (Fsp3) is 0.382. The average molecular weight is 590 g/mol. The Morgan fingerprint density at radius 3 is 2.29 bits per heavy atom. The second-order valence-corrected chi connectivity index (χ2v) is 13.2. The lowest BCUT2D eigenvalue weighted by molar-refractivity contribution is 0.0984. The van der Waals surface area contributed by atoms with E-state index in [1.807, 2.05) is 36.4 Å². The molecule has 0 unspecified atom stereocenters. The highest BCUT2D eigenvalue weighted by Gasteiger charge is 2.29. The maximum absolute atomic E-state index is 12.5. The van der Waals surface area contributed by atoms with Crippen LogP contribution >= 0.6 is 23.5 Å². The van der Waals surface area contributed by atoms with Crippen molar-refractivity contribution in [3.05, 3.63) is 100 Å². The summed E-state index contributed by atoms with van der Waals surface area (Å²) in [5, 5.41) is 0.794. The van der Waals surface area contributed by atoms with Crippen LogP contribution in [0.5, 0.6) is 0 Å². The molecule has 3 aromatic rings. The molecule has 1 amide bonds. The Hall–Kier alpha value is -2.77. The van der Waals surface area contributed by atoms with Gasteiger partial charge in [-0.2, -0.15) is 0 Å². The molecule has 0 atom stereocenters. The Morgan fingerprint density at radius 1 is 0.951 bits per heavy atom. The molecule has 7 heteroatoms. The zero-order chi connectivity index (χ0) is 28.8. The van der Waals surface area contributed by atoms with Crippen molar-refractivity contribution < 1.29 is 9.53 Å². The van der Waals surface area contributed by atoms with Gasteiger partial charge in [0.05, 0.1) is 6.61 Å². The number of piperazine rings is 1. The van der Waals surface area contributed by atoms with Gasteiger partial charge >= 0.3 is 0 Å². The molecule has 0 saturated carbocycles. The predicted molar refractivity (Wildman–Crippen MR) is 172 cm³/mol. The quantitative estimate of drug-likeness (QED) is 0.259. The van der Waals surface area contributed by atoms with E-state index in [0.717, 1.165) is 54.6 Å². The number of hydrogen-bond donors (Lipinski definition) is 1. The number of halogens is 1. The first-order valence-corrected chi connectivity index (χ1v) is 15.6. The molecule has 1 N–H and O–H groups in total. The molecular formula is C34H40ClN3O2S. The molecule has 3 aromatic carbocycles. The molecule has 5 nitrogen and oxygen atoms in total. The number of hydrogen-bond acceptors (Lipinski definition) is 5. The molecule has 0 spiro atoms. The highest BCUT2D eigenvalue weighted by atomic mass is 35.5. The van der Waals surface area contributed by atoms with Gasteiger partial charge in [0.25, 0.3) is 5.91 Å². The third-order valence-corrected chi connectivity index (χ3v) is 9.20. The summed E-state index contributed by atoms with van der Waals surface area (Å²) >= 11 is 7.53. The number of nitrogens with one attached hydrogen (secondary N) is 1. The molecule has 0 radical (unpaired) electrons. The minimum atomic E-state index is -0.102. The van der Waals surface area contributed by atoms with E-state index in [9.17, 15) is 4.79 Å². The van der Waals surface area contributed by atoms with Crippen molar-refractivity contribution in [2.75, 3.05) is 44.7 Å². The van der Waals surface area contributed by atoms with Crippen molar-refractivity contribution in [2.45, 2.75) is 44.6 Å². The number of anilines is 1. The summed E-state index contributed by atoms with van der Waals surface area (Å²) in [6.07, 6.45) is 3.53. The van der Waals surface area contributed by atoms with Gasteiger partial charge in [-0.3, -0.25) is 14.4 Å². The first-order valence-electron chi connectivity index (χ1n) is 14.4. The van der Waals surface area contributed by atoms with Gasteiger partial charge in [-0.05, 0) is 102 Å². The zero-order valence-electron chi connectivity index (χ0n) is 24.3. The molecule has 1 saturated heterocycles. The second-order valence-electron chi connectivity index (χ2n) is 11.9. The van der Waals surface area contributed by atoms with E-state index in [4.69, 9.17) is 16.3 Å². The van der Waals surface area contributed by atoms with Crippen LogP contribution < -0.4 is 9.62 Å². The molecule has 1 aliphatic carbocycles. The minimum Gasteiger partial charge on any atom is -0.380 e. The molecule has 1 aliphatic heterocycles. The van der Waals surface area contributed by atoms with E-state index < -0.39 is 0 Å². The standard InChI is InChI=1S/C34H40ClN3O2S/c1-34(2)17-16-28(32(22-34)26-8-10-29(35)11-9-26)23-37-18-20-38(21-19-37)30-12-14-31(15-13-30)41-36-33(39)27-6-4-25(5-7-27)24-40-3/h4-15H,16-24H2,1-3H3,(H,36,39). The second kappa shape index (κ2) is 13.5. The van der Waals surface area contributed by atoms with Crippen molar-refractivity contribution in [1.29, 1.82) is 0 Å². The van der Waals surface area contributed by atoms with Gasteiger partial charge < -0.3 is 9.64 Å². The molecule has 5 rings (SSSR count). The third kappa shape index (κ3) is 7.95. The SMILES string of the molecule is COCc1ccc(C(=O)NSc2ccc(N3CCN(CC4=C(c5ccc(Cl)cc5)CC(C)(C)CC4)CC3)cc2)cc1. The smallest absolute Gasteiger partial charge is 0.261 e. The summed E-state index contributed by atoms with van der Waals surface area (Å²) in [5.41, 5.74) is 7.68. The zero-order valence-corrected chi connectivity index (χ0v) is 25.9. The number of carbonyl (C=O) groups excluding carboxylic acids is 1. The van der Waals surface area contributed by atoms with Crippen LogP contribution in [0.4, 0.5) is 5.69 Å². The van der Waals surface area contributed by atoms with Gasteiger partial charge in [-0.1, -0.05) is 55.3 Å². The summed E-state index contributed by atoms with van der Waals surface area (Å²) in [6.45, 7) is 10.5. The van der Waals surface area contributed by atoms with Crippen molar-refractivity contribution in [2.24, 2.45) is 5.41 Å². The van der Waals surface area contributed by atoms with E-state index in [0.29, 0.717) is 17.6 Å². The van der Waals surface area contributed by atoms with Gasteiger partial charge in [0, 0.05) is 61.0 Å². The van der Waals surface area contributed by atoms with Gasteiger partial charge in [0.1, 0.15) is 0 Å². The van der Waals surface area contributed by atoms with Crippen LogP contribution in [-0.2, 0) is 11.3 Å². The number of ether oxygens (including phenoxy) is 1. The molecular weight excluding hydrogens is 550 g/mol. The van der Waals surface area contributed by atoms with Crippen LogP contribution in [0.3, 0.4) is 0 Å². The Labute approximate surface area is 254 Å². The summed E-state index contributed by atoms with van der Waals surface area (Å²) < 4.78 is 8.08. The number of rotatable bonds is 9. The fourth-order valence-corrected chi connectivity index (χ4v) is 6.43. The summed E-state index contributed by atoms with van der Waals surface area (Å²) in [4.78, 5) is 18.6. The highest BCUT2D eigenvalue weighted by Crippen LogP contribution is 2.43. The van der Waals surface area contributed by atoms with Crippen molar-refractivity contribution in [3.8, 4) is 0 Å². The number of amides is 1. The Morgan fingerprint density at radius 2 is 1.63 bits per heavy atom. The highest BCUT2D eigenvalue weighted by molar-refractivity contribution is 7.98. The van der Waals surface area contributed by atoms with Crippen LogP contribution in [0.1, 0.15) is 54.6 Å². The van der Waals surface area contributed by atoms with Crippen molar-refractivity contribution in [3.63, 3.8) is 0 Å². The number of carbonyl (C=O) groups is 1. The topological polar surface area (TPSA) is 44.8 Å². The van der Waals surface area contributed by atoms with E-state index in [1.165, 1.54) is 41.6 Å². The van der Waals surface area contributed by atoms with Crippen LogP contribution in [0.25, 0.3) is 5.57 Å². The summed E-state index contributed by atoms with van der Waals surface area (Å²) in [6, 6.07) is 24.4. The number of allylic oxidation sites excluding steroid dienone is 1. The maximum atomic E-state index is 12.5. The molecule has 1 heterocycles. The average Bonchev–Trinajstić information content (AvgIpc) is 2.98. The fourth-order valence-electron chi connectivity index (χ4n) is 5.71. The Balaban J connectivity index is 1.13. The van der Waals surface area contributed by atoms with E-state index >= 15 is 0 Å². The van der Waals surface area contributed by atoms with Gasteiger partial charge in [0.15, 0.2) is 0 Å². The van der Waals surface area contributed by atoms with Crippen molar-refractivity contribution in [1.82, 2.24) is 9.62 Å². The Kier molecular flexibility index (Phi) is 9.76. The van der Waals surface area contributed by atoms with E-state index in [1.54, 1.807) is 12.7 Å². The first-order chi connectivity index (χ1) is 19.8. The molecule has 0 aromatic heterocycles. The van der Waals surface area contributed by atoms with Crippen LogP contribution in [0.15, 0.2) is 83.3 Å². The summed E-state index contributed by atoms with van der Waals surface area (Å²) in [7, 11) is 1.66. The number of methoxy groups -OCH3 is 1. The van der Waals surface area contributed by atoms with Crippen LogP contribution in [0, 0.1) is 5.41 Å². The van der Waals surface area contributed by atoms with Crippen LogP contribution in [0.2, 0.25) is 5.02 Å². The lowest BCUT2D eigenvalue weighted by atomic mass is 9.72. The van der Waals surface area contributed by atoms with Gasteiger partial charge in [-0.25, -0.2) is 0 Å². The lowest BCUT2D eigenvalue weighted by Crippen LogP contribution is -2.47. The largest absolute Gasteiger partial charge is 0.380 e. The summed E-state index contributed by atoms with van der Waals surface area (Å²) in [5.74, 6) is -0.102. The maximum Gasteiger partial charge on any atom is 0.261 e.